The van der Waals surface area contributed by atoms with Crippen LogP contribution in [-0.2, 0) is 6.54 Å². The quantitative estimate of drug-likeness (QED) is 0.860. The molecule has 3 heteroatoms. The van der Waals surface area contributed by atoms with Gasteiger partial charge in [0.1, 0.15) is 0 Å². The Morgan fingerprint density at radius 3 is 2.95 bits per heavy atom. The van der Waals surface area contributed by atoms with Crippen molar-refractivity contribution in [3.05, 3.63) is 64.2 Å². The van der Waals surface area contributed by atoms with Crippen LogP contribution in [0.3, 0.4) is 0 Å². The smallest absolute Gasteiger partial charge is 0.0529 e. The molecule has 0 saturated carbocycles. The number of fused-ring (bicyclic) bond motifs is 1. The molecule has 0 amide bonds. The van der Waals surface area contributed by atoms with E-state index in [2.05, 4.69) is 47.9 Å². The van der Waals surface area contributed by atoms with Crippen LogP contribution in [0.15, 0.2) is 42.5 Å². The highest BCUT2D eigenvalue weighted by molar-refractivity contribution is 6.30. The molecule has 1 atom stereocenters. The number of anilines is 1. The molecule has 0 fully saturated rings. The molecule has 0 saturated heterocycles. The predicted molar refractivity (Wildman–Crippen MR) is 85.3 cm³/mol. The monoisotopic (exact) mass is 286 g/mol. The van der Waals surface area contributed by atoms with E-state index in [0.29, 0.717) is 6.04 Å². The minimum Gasteiger partial charge on any atom is -0.378 e. The van der Waals surface area contributed by atoms with Crippen molar-refractivity contribution in [3.8, 4) is 0 Å². The summed E-state index contributed by atoms with van der Waals surface area (Å²) in [6.45, 7) is 4.08. The molecule has 0 radical (unpaired) electrons. The summed E-state index contributed by atoms with van der Waals surface area (Å²) in [4.78, 5) is 0. The molecule has 0 aromatic heterocycles. The summed E-state index contributed by atoms with van der Waals surface area (Å²) in [5.41, 5.74) is 5.11. The van der Waals surface area contributed by atoms with Gasteiger partial charge in [-0.05, 0) is 48.7 Å². The van der Waals surface area contributed by atoms with Crippen molar-refractivity contribution in [1.29, 1.82) is 0 Å². The summed E-state index contributed by atoms with van der Waals surface area (Å²) in [7, 11) is 0. The zero-order valence-electron chi connectivity index (χ0n) is 11.6. The molecule has 0 aliphatic carbocycles. The lowest BCUT2D eigenvalue weighted by Gasteiger charge is -2.21. The van der Waals surface area contributed by atoms with Gasteiger partial charge in [-0.2, -0.15) is 0 Å². The molecular formula is C17H19ClN2. The minimum absolute atomic E-state index is 0.332. The molecule has 2 nitrogen and oxygen atoms in total. The van der Waals surface area contributed by atoms with E-state index in [0.717, 1.165) is 30.2 Å². The van der Waals surface area contributed by atoms with E-state index < -0.39 is 0 Å². The first-order valence-electron chi connectivity index (χ1n) is 7.05. The van der Waals surface area contributed by atoms with Gasteiger partial charge in [-0.3, -0.25) is 0 Å². The highest BCUT2D eigenvalue weighted by Gasteiger charge is 2.18. The van der Waals surface area contributed by atoms with Crippen molar-refractivity contribution in [2.75, 3.05) is 11.9 Å². The summed E-state index contributed by atoms with van der Waals surface area (Å²) < 4.78 is 0. The van der Waals surface area contributed by atoms with Gasteiger partial charge in [0.25, 0.3) is 0 Å². The fourth-order valence-corrected chi connectivity index (χ4v) is 2.92. The fourth-order valence-electron chi connectivity index (χ4n) is 2.75. The number of nitrogens with one attached hydrogen (secondary N) is 2. The van der Waals surface area contributed by atoms with Gasteiger partial charge in [0, 0.05) is 17.3 Å². The van der Waals surface area contributed by atoms with E-state index >= 15 is 0 Å². The molecule has 2 N–H and O–H groups in total. The van der Waals surface area contributed by atoms with Gasteiger partial charge in [-0.25, -0.2) is 0 Å². The number of hydrogen-bond donors (Lipinski definition) is 2. The first kappa shape index (κ1) is 13.5. The van der Waals surface area contributed by atoms with Crippen molar-refractivity contribution >= 4 is 17.3 Å². The van der Waals surface area contributed by atoms with Crippen LogP contribution < -0.4 is 10.6 Å². The molecule has 0 spiro atoms. The summed E-state index contributed by atoms with van der Waals surface area (Å²) in [6, 6.07) is 15.0. The van der Waals surface area contributed by atoms with Gasteiger partial charge >= 0.3 is 0 Å². The van der Waals surface area contributed by atoms with E-state index in [1.54, 1.807) is 0 Å². The van der Waals surface area contributed by atoms with Crippen molar-refractivity contribution in [2.24, 2.45) is 0 Å². The fraction of sp³-hybridized carbons (Fsp3) is 0.294. The van der Waals surface area contributed by atoms with Crippen LogP contribution in [0.5, 0.6) is 0 Å². The largest absolute Gasteiger partial charge is 0.378 e. The second-order valence-corrected chi connectivity index (χ2v) is 5.76. The van der Waals surface area contributed by atoms with E-state index in [1.165, 1.54) is 16.7 Å². The van der Waals surface area contributed by atoms with Crippen LogP contribution in [0, 0.1) is 6.92 Å². The molecule has 1 aliphatic heterocycles. The first-order valence-corrected chi connectivity index (χ1v) is 7.43. The molecule has 2 aromatic rings. The Balaban J connectivity index is 1.92. The van der Waals surface area contributed by atoms with Crippen LogP contribution in [0.4, 0.5) is 5.69 Å². The summed E-state index contributed by atoms with van der Waals surface area (Å²) in [5, 5.41) is 7.92. The molecule has 1 heterocycles. The Morgan fingerprint density at radius 1 is 1.20 bits per heavy atom. The Kier molecular flexibility index (Phi) is 3.95. The van der Waals surface area contributed by atoms with Crippen LogP contribution in [0.1, 0.15) is 29.2 Å². The minimum atomic E-state index is 0.332. The number of halogens is 1. The van der Waals surface area contributed by atoms with E-state index in [9.17, 15) is 0 Å². The van der Waals surface area contributed by atoms with Crippen LogP contribution in [0.2, 0.25) is 5.02 Å². The highest BCUT2D eigenvalue weighted by atomic mass is 35.5. The third-order valence-electron chi connectivity index (χ3n) is 3.89. The molecule has 3 rings (SSSR count). The average Bonchev–Trinajstić information content (AvgIpc) is 2.66. The van der Waals surface area contributed by atoms with Crippen LogP contribution in [0.25, 0.3) is 0 Å². The first-order chi connectivity index (χ1) is 9.74. The summed E-state index contributed by atoms with van der Waals surface area (Å²) >= 11 is 6.11. The van der Waals surface area contributed by atoms with Gasteiger partial charge in [-0.15, -0.1) is 0 Å². The average molecular weight is 287 g/mol. The van der Waals surface area contributed by atoms with Crippen molar-refractivity contribution in [3.63, 3.8) is 0 Å². The van der Waals surface area contributed by atoms with Gasteiger partial charge in [-0.1, -0.05) is 41.9 Å². The van der Waals surface area contributed by atoms with E-state index in [-0.39, 0.29) is 0 Å². The molecule has 2 aromatic carbocycles. The van der Waals surface area contributed by atoms with Crippen LogP contribution >= 0.6 is 11.6 Å². The normalized spacial score (nSPS) is 18.2. The molecule has 1 unspecified atom stereocenters. The maximum absolute atomic E-state index is 6.11. The second-order valence-electron chi connectivity index (χ2n) is 5.32. The zero-order valence-corrected chi connectivity index (χ0v) is 12.4. The molecule has 20 heavy (non-hydrogen) atoms. The van der Waals surface area contributed by atoms with Crippen molar-refractivity contribution in [1.82, 2.24) is 5.32 Å². The third-order valence-corrected chi connectivity index (χ3v) is 4.12. The standard InChI is InChI=1S/C17H19ClN2/c1-12-6-7-14(18)10-17(12)20-16-8-9-19-11-13-4-2-3-5-15(13)16/h2-7,10,16,19-20H,8-9,11H2,1H3. The summed E-state index contributed by atoms with van der Waals surface area (Å²) in [5.74, 6) is 0. The number of aryl methyl sites for hydroxylation is 1. The Hall–Kier alpha value is -1.51. The lowest BCUT2D eigenvalue weighted by atomic mass is 9.98. The van der Waals surface area contributed by atoms with Gasteiger partial charge < -0.3 is 10.6 Å². The van der Waals surface area contributed by atoms with Gasteiger partial charge in [0.15, 0.2) is 0 Å². The lowest BCUT2D eigenvalue weighted by molar-refractivity contribution is 0.637. The molecular weight excluding hydrogens is 268 g/mol. The Labute approximate surface area is 125 Å². The topological polar surface area (TPSA) is 24.1 Å². The molecule has 1 aliphatic rings. The molecule has 104 valence electrons. The van der Waals surface area contributed by atoms with Gasteiger partial charge in [0.2, 0.25) is 0 Å². The van der Waals surface area contributed by atoms with Crippen molar-refractivity contribution < 1.29 is 0 Å². The third kappa shape index (κ3) is 2.82. The maximum atomic E-state index is 6.11. The van der Waals surface area contributed by atoms with E-state index in [4.69, 9.17) is 11.6 Å². The SMILES string of the molecule is Cc1ccc(Cl)cc1NC1CCNCc2ccccc21. The van der Waals surface area contributed by atoms with E-state index in [1.807, 2.05) is 12.1 Å². The Bertz CT molecular complexity index is 610. The number of rotatable bonds is 2. The number of hydrogen-bond acceptors (Lipinski definition) is 2. The highest BCUT2D eigenvalue weighted by Crippen LogP contribution is 2.30. The Morgan fingerprint density at radius 2 is 2.05 bits per heavy atom. The molecule has 0 bridgehead atoms. The predicted octanol–water partition coefficient (Wildman–Crippen LogP) is 4.29. The zero-order chi connectivity index (χ0) is 13.9. The van der Waals surface area contributed by atoms with Gasteiger partial charge in [0.05, 0.1) is 6.04 Å². The van der Waals surface area contributed by atoms with Crippen molar-refractivity contribution in [2.45, 2.75) is 25.9 Å². The number of benzene rings is 2. The lowest BCUT2D eigenvalue weighted by Crippen LogP contribution is -2.15. The van der Waals surface area contributed by atoms with Crippen LogP contribution in [-0.4, -0.2) is 6.54 Å². The second kappa shape index (κ2) is 5.86. The summed E-state index contributed by atoms with van der Waals surface area (Å²) in [6.07, 6.45) is 1.07. The maximum Gasteiger partial charge on any atom is 0.0529 e.